The molecule has 0 aliphatic carbocycles. The van der Waals surface area contributed by atoms with Crippen LogP contribution in [0.4, 0.5) is 0 Å². The van der Waals surface area contributed by atoms with Crippen molar-refractivity contribution in [2.24, 2.45) is 5.92 Å². The molecule has 2 unspecified atom stereocenters. The van der Waals surface area contributed by atoms with Gasteiger partial charge in [0.15, 0.2) is 0 Å². The molecule has 0 aromatic carbocycles. The van der Waals surface area contributed by atoms with Crippen molar-refractivity contribution in [1.29, 1.82) is 0 Å². The highest BCUT2D eigenvalue weighted by Crippen LogP contribution is 2.12. The second kappa shape index (κ2) is 4.97. The minimum absolute atomic E-state index is 0.697. The van der Waals surface area contributed by atoms with Crippen molar-refractivity contribution in [3.8, 4) is 0 Å². The number of hydrogen-bond acceptors (Lipinski definition) is 2. The van der Waals surface area contributed by atoms with Gasteiger partial charge in [-0.15, -0.1) is 0 Å². The van der Waals surface area contributed by atoms with E-state index in [1.165, 1.54) is 19.5 Å². The zero-order chi connectivity index (χ0) is 9.84. The number of rotatable bonds is 3. The van der Waals surface area contributed by atoms with Gasteiger partial charge in [-0.05, 0) is 25.8 Å². The molecule has 78 valence electrons. The van der Waals surface area contributed by atoms with Crippen molar-refractivity contribution < 1.29 is 0 Å². The zero-order valence-electron chi connectivity index (χ0n) is 9.51. The van der Waals surface area contributed by atoms with E-state index < -0.39 is 0 Å². The number of nitrogens with one attached hydrogen (secondary N) is 1. The molecule has 2 heteroatoms. The maximum atomic E-state index is 3.62. The lowest BCUT2D eigenvalue weighted by atomic mass is 10.00. The average Bonchev–Trinajstić information content (AvgIpc) is 2.08. The van der Waals surface area contributed by atoms with Gasteiger partial charge in [0.05, 0.1) is 0 Å². The molecule has 1 rings (SSSR count). The smallest absolute Gasteiger partial charge is 0.0218 e. The molecule has 1 N–H and O–H groups in total. The van der Waals surface area contributed by atoms with Crippen LogP contribution >= 0.6 is 0 Å². The fraction of sp³-hybridized carbons (Fsp3) is 1.00. The largest absolute Gasteiger partial charge is 0.311 e. The lowest BCUT2D eigenvalue weighted by Crippen LogP contribution is -2.57. The van der Waals surface area contributed by atoms with Gasteiger partial charge in [0, 0.05) is 25.2 Å². The Balaban J connectivity index is 2.42. The Morgan fingerprint density at radius 1 is 1.46 bits per heavy atom. The summed E-state index contributed by atoms with van der Waals surface area (Å²) in [6.45, 7) is 12.8. The van der Waals surface area contributed by atoms with Gasteiger partial charge in [0.25, 0.3) is 0 Å². The fourth-order valence-corrected chi connectivity index (χ4v) is 1.99. The minimum atomic E-state index is 0.697. The van der Waals surface area contributed by atoms with Crippen LogP contribution in [0.2, 0.25) is 0 Å². The molecule has 2 nitrogen and oxygen atoms in total. The third-order valence-electron chi connectivity index (χ3n) is 3.05. The topological polar surface area (TPSA) is 15.3 Å². The quantitative estimate of drug-likeness (QED) is 0.718. The van der Waals surface area contributed by atoms with Gasteiger partial charge in [0.2, 0.25) is 0 Å². The summed E-state index contributed by atoms with van der Waals surface area (Å²) in [5.41, 5.74) is 0. The first-order valence-electron chi connectivity index (χ1n) is 5.62. The number of piperazine rings is 1. The molecule has 0 aromatic rings. The van der Waals surface area contributed by atoms with Crippen LogP contribution < -0.4 is 5.32 Å². The van der Waals surface area contributed by atoms with Crippen LogP contribution in [0.3, 0.4) is 0 Å². The Hall–Kier alpha value is -0.0800. The Morgan fingerprint density at radius 3 is 2.69 bits per heavy atom. The number of hydrogen-bond donors (Lipinski definition) is 1. The normalized spacial score (nSPS) is 31.2. The monoisotopic (exact) mass is 184 g/mol. The maximum absolute atomic E-state index is 3.62. The van der Waals surface area contributed by atoms with Crippen molar-refractivity contribution in [2.45, 2.75) is 46.2 Å². The van der Waals surface area contributed by atoms with Crippen LogP contribution in [0.25, 0.3) is 0 Å². The molecule has 0 aromatic heterocycles. The summed E-state index contributed by atoms with van der Waals surface area (Å²) in [6, 6.07) is 1.41. The van der Waals surface area contributed by atoms with E-state index in [2.05, 4.69) is 37.9 Å². The van der Waals surface area contributed by atoms with E-state index in [0.717, 1.165) is 18.5 Å². The summed E-state index contributed by atoms with van der Waals surface area (Å²) < 4.78 is 0. The summed E-state index contributed by atoms with van der Waals surface area (Å²) in [6.07, 6.45) is 1.27. The third-order valence-corrected chi connectivity index (χ3v) is 3.05. The highest BCUT2D eigenvalue weighted by atomic mass is 15.2. The van der Waals surface area contributed by atoms with Crippen LogP contribution in [0.5, 0.6) is 0 Å². The molecule has 0 saturated carbocycles. The van der Waals surface area contributed by atoms with Crippen LogP contribution in [-0.4, -0.2) is 36.6 Å². The van der Waals surface area contributed by atoms with Crippen LogP contribution in [0.15, 0.2) is 0 Å². The standard InChI is InChI=1S/C11H24N2/c1-5-6-13-8-11(9(2)3)12-7-10(13)4/h9-12H,5-8H2,1-4H3. The second-order valence-corrected chi connectivity index (χ2v) is 4.60. The zero-order valence-corrected chi connectivity index (χ0v) is 9.51. The van der Waals surface area contributed by atoms with Gasteiger partial charge in [-0.2, -0.15) is 0 Å². The molecular formula is C11H24N2. The first-order chi connectivity index (χ1) is 6.15. The summed E-state index contributed by atoms with van der Waals surface area (Å²) in [5.74, 6) is 0.756. The summed E-state index contributed by atoms with van der Waals surface area (Å²) in [4.78, 5) is 2.61. The molecule has 1 aliphatic heterocycles. The third kappa shape index (κ3) is 2.96. The second-order valence-electron chi connectivity index (χ2n) is 4.60. The van der Waals surface area contributed by atoms with Gasteiger partial charge in [-0.1, -0.05) is 20.8 Å². The molecule has 0 spiro atoms. The summed E-state index contributed by atoms with van der Waals surface area (Å²) >= 11 is 0. The molecule has 0 amide bonds. The molecule has 1 fully saturated rings. The lowest BCUT2D eigenvalue weighted by molar-refractivity contribution is 0.123. The molecule has 1 aliphatic rings. The van der Waals surface area contributed by atoms with E-state index in [-0.39, 0.29) is 0 Å². The molecule has 2 atom stereocenters. The SMILES string of the molecule is CCCN1CC(C(C)C)NCC1C. The van der Waals surface area contributed by atoms with Crippen LogP contribution in [-0.2, 0) is 0 Å². The predicted octanol–water partition coefficient (Wildman–Crippen LogP) is 1.71. The van der Waals surface area contributed by atoms with Gasteiger partial charge in [-0.3, -0.25) is 4.90 Å². The molecular weight excluding hydrogens is 160 g/mol. The minimum Gasteiger partial charge on any atom is -0.311 e. The highest BCUT2D eigenvalue weighted by molar-refractivity contribution is 4.85. The van der Waals surface area contributed by atoms with Crippen molar-refractivity contribution >= 4 is 0 Å². The summed E-state index contributed by atoms with van der Waals surface area (Å²) in [7, 11) is 0. The van der Waals surface area contributed by atoms with E-state index in [1.54, 1.807) is 0 Å². The molecule has 0 radical (unpaired) electrons. The lowest BCUT2D eigenvalue weighted by Gasteiger charge is -2.40. The van der Waals surface area contributed by atoms with E-state index in [9.17, 15) is 0 Å². The van der Waals surface area contributed by atoms with Crippen molar-refractivity contribution in [2.75, 3.05) is 19.6 Å². The van der Waals surface area contributed by atoms with E-state index in [0.29, 0.717) is 6.04 Å². The highest BCUT2D eigenvalue weighted by Gasteiger charge is 2.25. The van der Waals surface area contributed by atoms with Gasteiger partial charge < -0.3 is 5.32 Å². The van der Waals surface area contributed by atoms with Gasteiger partial charge in [0.1, 0.15) is 0 Å². The van der Waals surface area contributed by atoms with E-state index >= 15 is 0 Å². The van der Waals surface area contributed by atoms with Gasteiger partial charge >= 0.3 is 0 Å². The Bertz CT molecular complexity index is 145. The molecule has 13 heavy (non-hydrogen) atoms. The Labute approximate surface area is 82.7 Å². The van der Waals surface area contributed by atoms with E-state index in [4.69, 9.17) is 0 Å². The molecule has 1 heterocycles. The average molecular weight is 184 g/mol. The van der Waals surface area contributed by atoms with Gasteiger partial charge in [-0.25, -0.2) is 0 Å². The van der Waals surface area contributed by atoms with Crippen LogP contribution in [0.1, 0.15) is 34.1 Å². The predicted molar refractivity (Wildman–Crippen MR) is 58.0 cm³/mol. The van der Waals surface area contributed by atoms with Crippen molar-refractivity contribution in [1.82, 2.24) is 10.2 Å². The first kappa shape index (κ1) is 11.0. The Morgan fingerprint density at radius 2 is 2.15 bits per heavy atom. The summed E-state index contributed by atoms with van der Waals surface area (Å²) in [5, 5.41) is 3.62. The van der Waals surface area contributed by atoms with Crippen LogP contribution in [0, 0.1) is 5.92 Å². The van der Waals surface area contributed by atoms with E-state index in [1.807, 2.05) is 0 Å². The number of nitrogens with zero attached hydrogens (tertiary/aromatic N) is 1. The first-order valence-corrected chi connectivity index (χ1v) is 5.62. The maximum Gasteiger partial charge on any atom is 0.0218 e. The van der Waals surface area contributed by atoms with Crippen molar-refractivity contribution in [3.63, 3.8) is 0 Å². The fourth-order valence-electron chi connectivity index (χ4n) is 1.99. The Kier molecular flexibility index (Phi) is 4.20. The molecule has 1 saturated heterocycles. The molecule has 0 bridgehead atoms. The van der Waals surface area contributed by atoms with Crippen molar-refractivity contribution in [3.05, 3.63) is 0 Å².